The van der Waals surface area contributed by atoms with Crippen LogP contribution < -0.4 is 4.90 Å². The molecule has 1 aliphatic rings. The van der Waals surface area contributed by atoms with Crippen LogP contribution in [0.15, 0.2) is 42.0 Å². The van der Waals surface area contributed by atoms with Gasteiger partial charge in [0.1, 0.15) is 0 Å². The maximum atomic E-state index is 9.94. The molecule has 0 spiro atoms. The monoisotopic (exact) mass is 217 g/mol. The van der Waals surface area contributed by atoms with Crippen molar-refractivity contribution in [3.63, 3.8) is 0 Å². The summed E-state index contributed by atoms with van der Waals surface area (Å²) >= 11 is 0. The third-order valence-corrected chi connectivity index (χ3v) is 3.55. The van der Waals surface area contributed by atoms with E-state index in [9.17, 15) is 5.11 Å². The number of benzene rings is 1. The fourth-order valence-corrected chi connectivity index (χ4v) is 2.42. The number of aliphatic hydroxyl groups is 1. The average molecular weight is 217 g/mol. The summed E-state index contributed by atoms with van der Waals surface area (Å²) in [6, 6.07) is 10.6. The van der Waals surface area contributed by atoms with Gasteiger partial charge in [0.25, 0.3) is 0 Å². The first-order valence-corrected chi connectivity index (χ1v) is 5.75. The number of hydrogen-bond acceptors (Lipinski definition) is 2. The molecule has 2 rings (SSSR count). The van der Waals surface area contributed by atoms with E-state index in [2.05, 4.69) is 37.1 Å². The number of aliphatic hydroxyl groups excluding tert-OH is 1. The Bertz CT molecular complexity index is 385. The van der Waals surface area contributed by atoms with Gasteiger partial charge in [0, 0.05) is 18.7 Å². The van der Waals surface area contributed by atoms with Gasteiger partial charge in [-0.05, 0) is 24.6 Å². The minimum absolute atomic E-state index is 0.255. The molecule has 0 fully saturated rings. The van der Waals surface area contributed by atoms with E-state index in [4.69, 9.17) is 0 Å². The van der Waals surface area contributed by atoms with Crippen LogP contribution >= 0.6 is 0 Å². The molecular weight excluding hydrogens is 198 g/mol. The Morgan fingerprint density at radius 2 is 1.81 bits per heavy atom. The number of likely N-dealkylation sites (N-methyl/N-ethyl adjacent to an activating group) is 1. The fourth-order valence-electron chi connectivity index (χ4n) is 2.42. The van der Waals surface area contributed by atoms with Crippen molar-refractivity contribution in [1.82, 2.24) is 0 Å². The molecule has 0 aromatic heterocycles. The molecular formula is C14H19NO. The highest BCUT2D eigenvalue weighted by Gasteiger charge is 2.32. The van der Waals surface area contributed by atoms with Crippen LogP contribution in [0, 0.1) is 5.92 Å². The van der Waals surface area contributed by atoms with Crippen LogP contribution in [0.5, 0.6) is 0 Å². The van der Waals surface area contributed by atoms with Gasteiger partial charge in [-0.15, -0.1) is 0 Å². The van der Waals surface area contributed by atoms with E-state index in [1.165, 1.54) is 5.69 Å². The van der Waals surface area contributed by atoms with Crippen LogP contribution in [0.2, 0.25) is 0 Å². The third-order valence-electron chi connectivity index (χ3n) is 3.55. The van der Waals surface area contributed by atoms with E-state index < -0.39 is 0 Å². The van der Waals surface area contributed by atoms with Crippen LogP contribution in [0.25, 0.3) is 0 Å². The van der Waals surface area contributed by atoms with E-state index >= 15 is 0 Å². The van der Waals surface area contributed by atoms with Crippen LogP contribution in [0.4, 0.5) is 5.69 Å². The van der Waals surface area contributed by atoms with Crippen LogP contribution in [-0.4, -0.2) is 24.3 Å². The average Bonchev–Trinajstić information content (AvgIpc) is 2.57. The summed E-state index contributed by atoms with van der Waals surface area (Å²) in [4.78, 5) is 2.23. The molecule has 0 unspecified atom stereocenters. The molecule has 1 aromatic carbocycles. The molecule has 16 heavy (non-hydrogen) atoms. The summed E-state index contributed by atoms with van der Waals surface area (Å²) in [5.74, 6) is 0.255. The first kappa shape index (κ1) is 11.2. The minimum atomic E-state index is -0.295. The largest absolute Gasteiger partial charge is 0.388 e. The smallest absolute Gasteiger partial charge is 0.0796 e. The molecule has 2 nitrogen and oxygen atoms in total. The Hall–Kier alpha value is -1.28. The minimum Gasteiger partial charge on any atom is -0.388 e. The van der Waals surface area contributed by atoms with Crippen molar-refractivity contribution >= 4 is 5.69 Å². The second-order valence-corrected chi connectivity index (χ2v) is 4.65. The Morgan fingerprint density at radius 3 is 2.31 bits per heavy atom. The summed E-state index contributed by atoms with van der Waals surface area (Å²) in [6.45, 7) is 4.10. The van der Waals surface area contributed by atoms with Gasteiger partial charge in [-0.1, -0.05) is 31.2 Å². The normalized spacial score (nSPS) is 29.0. The zero-order valence-electron chi connectivity index (χ0n) is 10.1. The number of para-hydroxylation sites is 1. The molecule has 1 N–H and O–H groups in total. The van der Waals surface area contributed by atoms with Crippen molar-refractivity contribution in [3.8, 4) is 0 Å². The summed E-state index contributed by atoms with van der Waals surface area (Å²) in [5, 5.41) is 9.94. The molecule has 0 radical (unpaired) electrons. The van der Waals surface area contributed by atoms with E-state index in [0.29, 0.717) is 0 Å². The lowest BCUT2D eigenvalue weighted by Gasteiger charge is -2.30. The Kier molecular flexibility index (Phi) is 3.01. The van der Waals surface area contributed by atoms with Crippen LogP contribution in [-0.2, 0) is 0 Å². The van der Waals surface area contributed by atoms with Gasteiger partial charge in [0.05, 0.1) is 12.1 Å². The highest BCUT2D eigenvalue weighted by Crippen LogP contribution is 2.30. The third kappa shape index (κ3) is 1.85. The highest BCUT2D eigenvalue weighted by atomic mass is 16.3. The van der Waals surface area contributed by atoms with Crippen molar-refractivity contribution < 1.29 is 5.11 Å². The predicted molar refractivity (Wildman–Crippen MR) is 67.6 cm³/mol. The fraction of sp³-hybridized carbons (Fsp3) is 0.429. The van der Waals surface area contributed by atoms with Gasteiger partial charge in [-0.25, -0.2) is 0 Å². The summed E-state index contributed by atoms with van der Waals surface area (Å²) in [7, 11) is 2.08. The molecule has 0 saturated heterocycles. The predicted octanol–water partition coefficient (Wildman–Crippen LogP) is 2.45. The zero-order chi connectivity index (χ0) is 11.7. The molecule has 86 valence electrons. The van der Waals surface area contributed by atoms with E-state index in [-0.39, 0.29) is 18.1 Å². The SMILES string of the molecule is CC1=C[C@@H](N(C)c2ccccc2)[C@H](C)[C@H]1O. The van der Waals surface area contributed by atoms with Crippen molar-refractivity contribution in [2.24, 2.45) is 5.92 Å². The number of hydrogen-bond donors (Lipinski definition) is 1. The highest BCUT2D eigenvalue weighted by molar-refractivity contribution is 5.48. The standard InChI is InChI=1S/C14H19NO/c1-10-9-13(11(2)14(10)16)15(3)12-7-5-4-6-8-12/h4-9,11,13-14,16H,1-3H3/t11-,13+,14-/m0/s1. The number of anilines is 1. The Morgan fingerprint density at radius 1 is 1.19 bits per heavy atom. The quantitative estimate of drug-likeness (QED) is 0.769. The van der Waals surface area contributed by atoms with Crippen molar-refractivity contribution in [1.29, 1.82) is 0 Å². The maximum Gasteiger partial charge on any atom is 0.0796 e. The van der Waals surface area contributed by atoms with E-state index in [1.807, 2.05) is 25.1 Å². The molecule has 0 heterocycles. The topological polar surface area (TPSA) is 23.5 Å². The molecule has 1 aliphatic carbocycles. The Balaban J connectivity index is 2.21. The number of nitrogens with zero attached hydrogens (tertiary/aromatic N) is 1. The lowest BCUT2D eigenvalue weighted by atomic mass is 10.0. The van der Waals surface area contributed by atoms with Gasteiger partial charge >= 0.3 is 0 Å². The van der Waals surface area contributed by atoms with E-state index in [0.717, 1.165) is 5.57 Å². The molecule has 0 amide bonds. The molecule has 0 saturated carbocycles. The second kappa shape index (κ2) is 4.30. The molecule has 0 bridgehead atoms. The van der Waals surface area contributed by atoms with Gasteiger partial charge in [0.2, 0.25) is 0 Å². The maximum absolute atomic E-state index is 9.94. The first-order valence-electron chi connectivity index (χ1n) is 5.75. The zero-order valence-corrected chi connectivity index (χ0v) is 10.1. The molecule has 3 atom stereocenters. The lowest BCUT2D eigenvalue weighted by Crippen LogP contribution is -2.36. The van der Waals surface area contributed by atoms with Crippen molar-refractivity contribution in [2.75, 3.05) is 11.9 Å². The van der Waals surface area contributed by atoms with Gasteiger partial charge in [0.15, 0.2) is 0 Å². The Labute approximate surface area is 97.2 Å². The van der Waals surface area contributed by atoms with Gasteiger partial charge in [-0.2, -0.15) is 0 Å². The summed E-state index contributed by atoms with van der Waals surface area (Å²) < 4.78 is 0. The van der Waals surface area contributed by atoms with Crippen molar-refractivity contribution in [3.05, 3.63) is 42.0 Å². The van der Waals surface area contributed by atoms with Gasteiger partial charge in [-0.3, -0.25) is 0 Å². The second-order valence-electron chi connectivity index (χ2n) is 4.65. The lowest BCUT2D eigenvalue weighted by molar-refractivity contribution is 0.157. The van der Waals surface area contributed by atoms with E-state index in [1.54, 1.807) is 0 Å². The first-order chi connectivity index (χ1) is 7.61. The molecule has 0 aliphatic heterocycles. The number of rotatable bonds is 2. The molecule has 1 aromatic rings. The molecule has 2 heteroatoms. The van der Waals surface area contributed by atoms with Crippen LogP contribution in [0.1, 0.15) is 13.8 Å². The van der Waals surface area contributed by atoms with Crippen molar-refractivity contribution in [2.45, 2.75) is 26.0 Å². The van der Waals surface area contributed by atoms with Gasteiger partial charge < -0.3 is 10.0 Å². The summed E-state index contributed by atoms with van der Waals surface area (Å²) in [6.07, 6.45) is 1.87. The summed E-state index contributed by atoms with van der Waals surface area (Å²) in [5.41, 5.74) is 2.28. The van der Waals surface area contributed by atoms with Crippen LogP contribution in [0.3, 0.4) is 0 Å².